The molecule has 0 heterocycles. The third-order valence-electron chi connectivity index (χ3n) is 7.32. The molecular weight excluding hydrogens is 506 g/mol. The molecule has 0 fully saturated rings. The van der Waals surface area contributed by atoms with Crippen LogP contribution in [0.2, 0.25) is 0 Å². The van der Waals surface area contributed by atoms with Gasteiger partial charge in [-0.3, -0.25) is 0 Å². The number of hydrogen-bond donors (Lipinski definition) is 4. The van der Waals surface area contributed by atoms with Crippen molar-refractivity contribution in [3.63, 3.8) is 0 Å². The average Bonchev–Trinajstić information content (AvgIpc) is 3.22. The van der Waals surface area contributed by atoms with E-state index in [1.165, 1.54) is 22.3 Å². The Hall–Kier alpha value is -3.88. The van der Waals surface area contributed by atoms with Crippen molar-refractivity contribution in [2.45, 2.75) is 31.5 Å². The summed E-state index contributed by atoms with van der Waals surface area (Å²) in [7, 11) is 0. The second-order valence-corrected chi connectivity index (χ2v) is 10.5. The van der Waals surface area contributed by atoms with Crippen molar-refractivity contribution < 1.29 is 29.9 Å². The van der Waals surface area contributed by atoms with Gasteiger partial charge >= 0.3 is 0 Å². The molecule has 0 bridgehead atoms. The second-order valence-electron chi connectivity index (χ2n) is 10.5. The van der Waals surface area contributed by atoms with Gasteiger partial charge in [0.1, 0.15) is 36.9 Å². The molecule has 0 saturated carbocycles. The molecule has 208 valence electrons. The standard InChI is InChI=1S/C33H35NO6/c1-33(2)31-6-4-3-5-29(31)30-16-11-24(17-32(30)33)34(22-7-12-27(13-8-22)39-20-25(37)18-35)23-9-14-28(15-10-23)40-21-26(38)19-36/h3-17,25-26,35-38H,18-21H2,1-2H3. The lowest BCUT2D eigenvalue weighted by Gasteiger charge is -2.28. The third-order valence-corrected chi connectivity index (χ3v) is 7.32. The van der Waals surface area contributed by atoms with Gasteiger partial charge in [0, 0.05) is 22.5 Å². The molecule has 7 nitrogen and oxygen atoms in total. The van der Waals surface area contributed by atoms with Gasteiger partial charge in [-0.2, -0.15) is 0 Å². The highest BCUT2D eigenvalue weighted by atomic mass is 16.5. The number of aliphatic hydroxyl groups excluding tert-OH is 4. The fraction of sp³-hybridized carbons (Fsp3) is 0.273. The fourth-order valence-electron chi connectivity index (χ4n) is 5.15. The third kappa shape index (κ3) is 5.55. The molecule has 0 spiro atoms. The maximum absolute atomic E-state index is 9.63. The number of rotatable bonds is 11. The van der Waals surface area contributed by atoms with Crippen LogP contribution >= 0.6 is 0 Å². The van der Waals surface area contributed by atoms with Crippen molar-refractivity contribution in [2.24, 2.45) is 0 Å². The largest absolute Gasteiger partial charge is 0.491 e. The van der Waals surface area contributed by atoms with E-state index in [4.69, 9.17) is 19.7 Å². The minimum atomic E-state index is -0.936. The summed E-state index contributed by atoms with van der Waals surface area (Å²) in [6, 6.07) is 30.3. The van der Waals surface area contributed by atoms with E-state index >= 15 is 0 Å². The molecule has 0 amide bonds. The minimum Gasteiger partial charge on any atom is -0.491 e. The van der Waals surface area contributed by atoms with Crippen molar-refractivity contribution in [1.29, 1.82) is 0 Å². The Balaban J connectivity index is 1.51. The highest BCUT2D eigenvalue weighted by molar-refractivity contribution is 5.85. The molecule has 0 aliphatic heterocycles. The molecule has 0 aromatic heterocycles. The van der Waals surface area contributed by atoms with Crippen molar-refractivity contribution in [1.82, 2.24) is 0 Å². The highest BCUT2D eigenvalue weighted by Crippen LogP contribution is 2.50. The van der Waals surface area contributed by atoms with E-state index in [1.54, 1.807) is 0 Å². The molecule has 2 atom stereocenters. The van der Waals surface area contributed by atoms with Crippen LogP contribution in [0, 0.1) is 0 Å². The molecule has 4 aromatic rings. The monoisotopic (exact) mass is 541 g/mol. The summed E-state index contributed by atoms with van der Waals surface area (Å²) in [6.45, 7) is 3.81. The van der Waals surface area contributed by atoms with Gasteiger partial charge in [0.25, 0.3) is 0 Å². The van der Waals surface area contributed by atoms with Crippen LogP contribution in [0.4, 0.5) is 17.1 Å². The minimum absolute atomic E-state index is 0.00641. The molecule has 7 heteroatoms. The zero-order valence-corrected chi connectivity index (χ0v) is 22.7. The summed E-state index contributed by atoms with van der Waals surface area (Å²) in [5.74, 6) is 1.18. The van der Waals surface area contributed by atoms with E-state index in [0.29, 0.717) is 11.5 Å². The summed E-state index contributed by atoms with van der Waals surface area (Å²) >= 11 is 0. The fourth-order valence-corrected chi connectivity index (χ4v) is 5.15. The Morgan fingerprint density at radius 2 is 1.10 bits per heavy atom. The molecule has 40 heavy (non-hydrogen) atoms. The lowest BCUT2D eigenvalue weighted by atomic mass is 9.82. The molecule has 5 rings (SSSR count). The zero-order chi connectivity index (χ0) is 28.3. The van der Waals surface area contributed by atoms with Gasteiger partial charge in [0.15, 0.2) is 0 Å². The summed E-state index contributed by atoms with van der Waals surface area (Å²) in [4.78, 5) is 2.15. The van der Waals surface area contributed by atoms with Crippen LogP contribution in [-0.4, -0.2) is 59.1 Å². The Kier molecular flexibility index (Phi) is 8.09. The maximum atomic E-state index is 9.63. The van der Waals surface area contributed by atoms with Gasteiger partial charge in [-0.05, 0) is 82.9 Å². The molecule has 4 N–H and O–H groups in total. The molecule has 1 aliphatic carbocycles. The smallest absolute Gasteiger partial charge is 0.119 e. The zero-order valence-electron chi connectivity index (χ0n) is 22.7. The first-order chi connectivity index (χ1) is 19.3. The summed E-state index contributed by atoms with van der Waals surface area (Å²) in [6.07, 6.45) is -1.87. The maximum Gasteiger partial charge on any atom is 0.119 e. The number of aliphatic hydroxyl groups is 4. The number of nitrogens with zero attached hydrogens (tertiary/aromatic N) is 1. The predicted octanol–water partition coefficient (Wildman–Crippen LogP) is 4.93. The van der Waals surface area contributed by atoms with Crippen molar-refractivity contribution in [3.05, 3.63) is 102 Å². The topological polar surface area (TPSA) is 103 Å². The molecule has 1 aliphatic rings. The number of ether oxygens (including phenoxy) is 2. The van der Waals surface area contributed by atoms with Gasteiger partial charge in [-0.15, -0.1) is 0 Å². The summed E-state index contributed by atoms with van der Waals surface area (Å²) < 4.78 is 11.2. The first kappa shape index (κ1) is 27.7. The Morgan fingerprint density at radius 3 is 1.62 bits per heavy atom. The Morgan fingerprint density at radius 1 is 0.625 bits per heavy atom. The molecule has 2 unspecified atom stereocenters. The number of hydrogen-bond acceptors (Lipinski definition) is 7. The van der Waals surface area contributed by atoms with Gasteiger partial charge < -0.3 is 34.8 Å². The van der Waals surface area contributed by atoms with E-state index in [1.807, 2.05) is 48.5 Å². The first-order valence-electron chi connectivity index (χ1n) is 13.4. The number of benzene rings is 4. The lowest BCUT2D eigenvalue weighted by molar-refractivity contribution is 0.0536. The Bertz CT molecular complexity index is 1380. The lowest BCUT2D eigenvalue weighted by Crippen LogP contribution is -2.21. The van der Waals surface area contributed by atoms with Crippen LogP contribution in [0.5, 0.6) is 11.5 Å². The average molecular weight is 542 g/mol. The number of fused-ring (bicyclic) bond motifs is 3. The summed E-state index contributed by atoms with van der Waals surface area (Å²) in [5, 5.41) is 37.4. The van der Waals surface area contributed by atoms with E-state index in [2.05, 4.69) is 61.2 Å². The quantitative estimate of drug-likeness (QED) is 0.214. The van der Waals surface area contributed by atoms with Crippen LogP contribution in [0.1, 0.15) is 25.0 Å². The van der Waals surface area contributed by atoms with Crippen LogP contribution in [-0.2, 0) is 5.41 Å². The van der Waals surface area contributed by atoms with E-state index in [9.17, 15) is 10.2 Å². The molecule has 4 aromatic carbocycles. The van der Waals surface area contributed by atoms with Crippen molar-refractivity contribution in [3.8, 4) is 22.6 Å². The normalized spacial score (nSPS) is 14.7. The van der Waals surface area contributed by atoms with Gasteiger partial charge in [-0.1, -0.05) is 44.2 Å². The van der Waals surface area contributed by atoms with E-state index in [0.717, 1.165) is 17.1 Å². The van der Waals surface area contributed by atoms with Crippen LogP contribution in [0.25, 0.3) is 11.1 Å². The molecule has 0 saturated heterocycles. The van der Waals surface area contributed by atoms with E-state index in [-0.39, 0.29) is 31.8 Å². The van der Waals surface area contributed by atoms with Crippen molar-refractivity contribution in [2.75, 3.05) is 31.3 Å². The van der Waals surface area contributed by atoms with Crippen LogP contribution in [0.3, 0.4) is 0 Å². The molecule has 0 radical (unpaired) electrons. The summed E-state index contributed by atoms with van der Waals surface area (Å²) in [5.41, 5.74) is 7.73. The number of anilines is 3. The predicted molar refractivity (Wildman–Crippen MR) is 156 cm³/mol. The Labute approximate surface area is 234 Å². The second kappa shape index (κ2) is 11.7. The van der Waals surface area contributed by atoms with Crippen LogP contribution < -0.4 is 14.4 Å². The SMILES string of the molecule is CC1(C)c2ccccc2-c2ccc(N(c3ccc(OCC(O)CO)cc3)c3ccc(OCC(O)CO)cc3)cc21. The van der Waals surface area contributed by atoms with Crippen molar-refractivity contribution >= 4 is 17.1 Å². The van der Waals surface area contributed by atoms with Crippen LogP contribution in [0.15, 0.2) is 91.0 Å². The van der Waals surface area contributed by atoms with E-state index < -0.39 is 12.2 Å². The highest BCUT2D eigenvalue weighted by Gasteiger charge is 2.35. The van der Waals surface area contributed by atoms with Gasteiger partial charge in [0.2, 0.25) is 0 Å². The van der Waals surface area contributed by atoms with Gasteiger partial charge in [0.05, 0.1) is 13.2 Å². The first-order valence-corrected chi connectivity index (χ1v) is 13.4. The molecular formula is C33H35NO6. The van der Waals surface area contributed by atoms with Gasteiger partial charge in [-0.25, -0.2) is 0 Å².